The molecule has 0 radical (unpaired) electrons. The zero-order valence-electron chi connectivity index (χ0n) is 12.5. The van der Waals surface area contributed by atoms with Crippen LogP contribution in [-0.2, 0) is 9.53 Å². The smallest absolute Gasteiger partial charge is 0.311 e. The highest BCUT2D eigenvalue weighted by atomic mass is 16.6. The Morgan fingerprint density at radius 3 is 2.62 bits per heavy atom. The first-order valence-corrected chi connectivity index (χ1v) is 6.77. The second-order valence-electron chi connectivity index (χ2n) is 4.32. The lowest BCUT2D eigenvalue weighted by molar-refractivity contribution is -0.385. The summed E-state index contributed by atoms with van der Waals surface area (Å²) in [5.41, 5.74) is 0.674. The zero-order chi connectivity index (χ0) is 15.8. The topological polar surface area (TPSA) is 81.9 Å². The van der Waals surface area contributed by atoms with Gasteiger partial charge in [0.15, 0.2) is 5.75 Å². The van der Waals surface area contributed by atoms with E-state index in [-0.39, 0.29) is 23.8 Å². The monoisotopic (exact) mass is 296 g/mol. The highest BCUT2D eigenvalue weighted by Gasteiger charge is 2.17. The molecule has 0 amide bonds. The van der Waals surface area contributed by atoms with Crippen LogP contribution in [0.25, 0.3) is 0 Å². The summed E-state index contributed by atoms with van der Waals surface area (Å²) in [6.07, 6.45) is 0.255. The molecule has 0 aromatic heterocycles. The molecule has 0 atom stereocenters. The molecule has 0 unspecified atom stereocenters. The number of anilines is 1. The van der Waals surface area contributed by atoms with E-state index in [1.165, 1.54) is 6.07 Å². The Hall–Kier alpha value is -2.31. The second kappa shape index (κ2) is 8.08. The average Bonchev–Trinajstić information content (AvgIpc) is 2.45. The molecule has 0 saturated heterocycles. The number of nitro benzene ring substituents is 1. The fourth-order valence-electron chi connectivity index (χ4n) is 1.78. The third-order valence-electron chi connectivity index (χ3n) is 2.84. The Morgan fingerprint density at radius 2 is 2.05 bits per heavy atom. The van der Waals surface area contributed by atoms with Gasteiger partial charge in [0.05, 0.1) is 24.6 Å². The molecule has 0 bridgehead atoms. The highest BCUT2D eigenvalue weighted by Crippen LogP contribution is 2.31. The summed E-state index contributed by atoms with van der Waals surface area (Å²) in [5, 5.41) is 10.9. The van der Waals surface area contributed by atoms with Crippen molar-refractivity contribution in [3.63, 3.8) is 0 Å². The van der Waals surface area contributed by atoms with Gasteiger partial charge in [-0.3, -0.25) is 14.9 Å². The maximum Gasteiger partial charge on any atom is 0.311 e. The van der Waals surface area contributed by atoms with Crippen LogP contribution in [0.5, 0.6) is 5.75 Å². The van der Waals surface area contributed by atoms with Crippen LogP contribution in [0.15, 0.2) is 18.2 Å². The van der Waals surface area contributed by atoms with E-state index in [1.807, 2.05) is 4.90 Å². The summed E-state index contributed by atoms with van der Waals surface area (Å²) in [5.74, 6) is -0.0423. The Bertz CT molecular complexity index is 504. The van der Waals surface area contributed by atoms with Gasteiger partial charge in [0.1, 0.15) is 0 Å². The van der Waals surface area contributed by atoms with Gasteiger partial charge in [-0.15, -0.1) is 0 Å². The van der Waals surface area contributed by atoms with Gasteiger partial charge < -0.3 is 14.4 Å². The second-order valence-corrected chi connectivity index (χ2v) is 4.32. The average molecular weight is 296 g/mol. The minimum Gasteiger partial charge on any atom is -0.487 e. The van der Waals surface area contributed by atoms with Crippen LogP contribution in [0.3, 0.4) is 0 Å². The molecule has 0 heterocycles. The predicted octanol–water partition coefficient (Wildman–Crippen LogP) is 2.38. The number of hydrogen-bond donors (Lipinski definition) is 0. The van der Waals surface area contributed by atoms with E-state index < -0.39 is 4.92 Å². The van der Waals surface area contributed by atoms with Crippen LogP contribution >= 0.6 is 0 Å². The lowest BCUT2D eigenvalue weighted by atomic mass is 10.2. The standard InChI is InChI=1S/C14H20N2O5/c1-4-20-13-10-11(6-7-12(13)16(18)19)15(3)9-8-14(17)21-5-2/h6-7,10H,4-5,8-9H2,1-3H3. The van der Waals surface area contributed by atoms with Crippen molar-refractivity contribution in [3.05, 3.63) is 28.3 Å². The third kappa shape index (κ3) is 4.94. The summed E-state index contributed by atoms with van der Waals surface area (Å²) in [6, 6.07) is 4.64. The molecular formula is C14H20N2O5. The lowest BCUT2D eigenvalue weighted by Gasteiger charge is -2.19. The van der Waals surface area contributed by atoms with E-state index in [2.05, 4.69) is 0 Å². The molecule has 0 spiro atoms. The van der Waals surface area contributed by atoms with Crippen LogP contribution < -0.4 is 9.64 Å². The molecule has 0 saturated carbocycles. The fraction of sp³-hybridized carbons (Fsp3) is 0.500. The van der Waals surface area contributed by atoms with Crippen molar-refractivity contribution in [2.24, 2.45) is 0 Å². The molecule has 1 aromatic rings. The molecule has 7 heteroatoms. The van der Waals surface area contributed by atoms with Gasteiger partial charge in [-0.25, -0.2) is 0 Å². The first-order chi connectivity index (χ1) is 9.99. The van der Waals surface area contributed by atoms with Gasteiger partial charge in [-0.1, -0.05) is 0 Å². The van der Waals surface area contributed by atoms with Crippen LogP contribution in [0.2, 0.25) is 0 Å². The molecule has 0 aliphatic heterocycles. The highest BCUT2D eigenvalue weighted by molar-refractivity contribution is 5.70. The molecule has 1 rings (SSSR count). The molecule has 0 aliphatic carbocycles. The fourth-order valence-corrected chi connectivity index (χ4v) is 1.78. The van der Waals surface area contributed by atoms with Crippen LogP contribution in [-0.4, -0.2) is 37.7 Å². The van der Waals surface area contributed by atoms with E-state index in [9.17, 15) is 14.9 Å². The Balaban J connectivity index is 2.80. The number of ether oxygens (including phenoxy) is 2. The number of hydrogen-bond acceptors (Lipinski definition) is 6. The summed E-state index contributed by atoms with van der Waals surface area (Å²) in [7, 11) is 1.80. The molecular weight excluding hydrogens is 276 g/mol. The van der Waals surface area contributed by atoms with Crippen molar-refractivity contribution in [1.82, 2.24) is 0 Å². The van der Waals surface area contributed by atoms with E-state index in [0.717, 1.165) is 5.69 Å². The number of esters is 1. The Morgan fingerprint density at radius 1 is 1.33 bits per heavy atom. The lowest BCUT2D eigenvalue weighted by Crippen LogP contribution is -2.22. The molecule has 116 valence electrons. The molecule has 0 N–H and O–H groups in total. The van der Waals surface area contributed by atoms with E-state index in [4.69, 9.17) is 9.47 Å². The Kier molecular flexibility index (Phi) is 6.45. The van der Waals surface area contributed by atoms with Gasteiger partial charge in [0.2, 0.25) is 0 Å². The van der Waals surface area contributed by atoms with Crippen LogP contribution in [0.1, 0.15) is 20.3 Å². The van der Waals surface area contributed by atoms with Gasteiger partial charge >= 0.3 is 11.7 Å². The summed E-state index contributed by atoms with van der Waals surface area (Å²) >= 11 is 0. The van der Waals surface area contributed by atoms with E-state index in [0.29, 0.717) is 19.8 Å². The number of carbonyl (C=O) groups is 1. The normalized spacial score (nSPS) is 10.0. The maximum absolute atomic E-state index is 11.3. The molecule has 0 aliphatic rings. The first-order valence-electron chi connectivity index (χ1n) is 6.77. The van der Waals surface area contributed by atoms with Crippen LogP contribution in [0.4, 0.5) is 11.4 Å². The maximum atomic E-state index is 11.3. The van der Waals surface area contributed by atoms with Crippen molar-refractivity contribution in [3.8, 4) is 5.75 Å². The number of carbonyl (C=O) groups excluding carboxylic acids is 1. The summed E-state index contributed by atoms with van der Waals surface area (Å²) < 4.78 is 10.2. The summed E-state index contributed by atoms with van der Waals surface area (Å²) in [6.45, 7) is 4.68. The minimum atomic E-state index is -0.479. The van der Waals surface area contributed by atoms with Crippen molar-refractivity contribution < 1.29 is 19.2 Å². The van der Waals surface area contributed by atoms with Crippen molar-refractivity contribution in [2.75, 3.05) is 31.7 Å². The summed E-state index contributed by atoms with van der Waals surface area (Å²) in [4.78, 5) is 23.6. The first kappa shape index (κ1) is 16.7. The minimum absolute atomic E-state index is 0.0700. The predicted molar refractivity (Wildman–Crippen MR) is 78.8 cm³/mol. The van der Waals surface area contributed by atoms with Gasteiger partial charge in [0, 0.05) is 31.4 Å². The van der Waals surface area contributed by atoms with Crippen molar-refractivity contribution in [1.29, 1.82) is 0 Å². The molecule has 21 heavy (non-hydrogen) atoms. The number of rotatable bonds is 8. The Labute approximate surface area is 123 Å². The number of benzene rings is 1. The number of nitrogens with zero attached hydrogens (tertiary/aromatic N) is 2. The molecule has 1 aromatic carbocycles. The van der Waals surface area contributed by atoms with Crippen molar-refractivity contribution in [2.45, 2.75) is 20.3 Å². The SMILES string of the molecule is CCOC(=O)CCN(C)c1ccc([N+](=O)[O-])c(OCC)c1. The van der Waals surface area contributed by atoms with Crippen LogP contribution in [0, 0.1) is 10.1 Å². The van der Waals surface area contributed by atoms with Gasteiger partial charge in [-0.2, -0.15) is 0 Å². The zero-order valence-corrected chi connectivity index (χ0v) is 12.5. The third-order valence-corrected chi connectivity index (χ3v) is 2.84. The number of nitro groups is 1. The van der Waals surface area contributed by atoms with Gasteiger partial charge in [-0.05, 0) is 19.9 Å². The quantitative estimate of drug-likeness (QED) is 0.416. The molecule has 0 fully saturated rings. The van der Waals surface area contributed by atoms with E-state index in [1.54, 1.807) is 33.0 Å². The largest absolute Gasteiger partial charge is 0.487 e. The molecule has 7 nitrogen and oxygen atoms in total. The van der Waals surface area contributed by atoms with E-state index >= 15 is 0 Å². The van der Waals surface area contributed by atoms with Crippen molar-refractivity contribution >= 4 is 17.3 Å². The van der Waals surface area contributed by atoms with Gasteiger partial charge in [0.25, 0.3) is 0 Å².